The van der Waals surface area contributed by atoms with Crippen molar-refractivity contribution in [2.24, 2.45) is 0 Å². The molecule has 0 spiro atoms. The molecule has 112 valence electrons. The number of carboxylic acids is 1. The van der Waals surface area contributed by atoms with Gasteiger partial charge < -0.3 is 25.6 Å². The number of rotatable bonds is 5. The highest BCUT2D eigenvalue weighted by Gasteiger charge is 2.30. The number of aliphatic hydroxyl groups is 1. The second-order valence-corrected chi connectivity index (χ2v) is 4.38. The number of carbonyl (C=O) groups excluding carboxylic acids is 1. The third kappa shape index (κ3) is 4.09. The zero-order valence-corrected chi connectivity index (χ0v) is 11.5. The van der Waals surface area contributed by atoms with Crippen LogP contribution >= 0.6 is 0 Å². The van der Waals surface area contributed by atoms with Crippen LogP contribution in [-0.2, 0) is 4.79 Å². The molecule has 1 rings (SSSR count). The van der Waals surface area contributed by atoms with Gasteiger partial charge in [-0.05, 0) is 19.1 Å². The summed E-state index contributed by atoms with van der Waals surface area (Å²) < 4.78 is 5.04. The molecule has 8 heteroatoms. The number of hydrogen-bond acceptors (Lipinski definition) is 5. The van der Waals surface area contributed by atoms with Gasteiger partial charge in [0, 0.05) is 0 Å². The van der Waals surface area contributed by atoms with Crippen LogP contribution in [0.25, 0.3) is 0 Å². The Kier molecular flexibility index (Phi) is 5.10. The molecule has 8 nitrogen and oxygen atoms in total. The number of carbonyl (C=O) groups is 2. The molecule has 4 N–H and O–H groups in total. The molecule has 1 aromatic rings. The number of para-hydroxylation sites is 1. The van der Waals surface area contributed by atoms with Gasteiger partial charge >= 0.3 is 12.0 Å². The number of anilines is 1. The molecule has 0 fully saturated rings. The van der Waals surface area contributed by atoms with Crippen LogP contribution in [0.3, 0.4) is 0 Å². The number of methoxy groups -OCH3 is 1. The van der Waals surface area contributed by atoms with Gasteiger partial charge in [0.25, 0.3) is 0 Å². The molecule has 1 aromatic carbocycles. The van der Waals surface area contributed by atoms with Crippen LogP contribution in [0.2, 0.25) is 0 Å². The molecule has 0 saturated carbocycles. The predicted octanol–water partition coefficient (Wildman–Crippen LogP) is 0.524. The summed E-state index contributed by atoms with van der Waals surface area (Å²) in [7, 11) is 1.38. The van der Waals surface area contributed by atoms with E-state index in [0.717, 1.165) is 6.92 Å². The van der Waals surface area contributed by atoms with Crippen LogP contribution in [0.1, 0.15) is 12.5 Å². The second kappa shape index (κ2) is 6.58. The average Bonchev–Trinajstić information content (AvgIpc) is 2.45. The van der Waals surface area contributed by atoms with Crippen LogP contribution in [0.5, 0.6) is 5.75 Å². The summed E-state index contributed by atoms with van der Waals surface area (Å²) in [6.45, 7) is 0.560. The average molecular weight is 293 g/mol. The maximum absolute atomic E-state index is 11.7. The van der Waals surface area contributed by atoms with Crippen molar-refractivity contribution < 1.29 is 24.5 Å². The first kappa shape index (κ1) is 16.3. The number of benzene rings is 1. The minimum Gasteiger partial charge on any atom is -0.495 e. The maximum Gasteiger partial charge on any atom is 0.337 e. The Balaban J connectivity index is 2.81. The van der Waals surface area contributed by atoms with Crippen molar-refractivity contribution in [1.29, 1.82) is 5.26 Å². The Hall–Kier alpha value is -2.79. The quantitative estimate of drug-likeness (QED) is 0.626. The highest BCUT2D eigenvalue weighted by molar-refractivity contribution is 5.93. The van der Waals surface area contributed by atoms with Gasteiger partial charge in [0.2, 0.25) is 0 Å². The summed E-state index contributed by atoms with van der Waals surface area (Å²) >= 11 is 0. The molecule has 1 atom stereocenters. The minimum atomic E-state index is -2.09. The highest BCUT2D eigenvalue weighted by atomic mass is 16.5. The predicted molar refractivity (Wildman–Crippen MR) is 73.0 cm³/mol. The van der Waals surface area contributed by atoms with Crippen molar-refractivity contribution in [1.82, 2.24) is 5.32 Å². The lowest BCUT2D eigenvalue weighted by Crippen LogP contribution is -2.47. The van der Waals surface area contributed by atoms with E-state index in [1.807, 2.05) is 6.07 Å². The molecule has 0 aliphatic carbocycles. The summed E-state index contributed by atoms with van der Waals surface area (Å²) in [6, 6.07) is 5.78. The van der Waals surface area contributed by atoms with E-state index in [4.69, 9.17) is 15.1 Å². The molecule has 0 aliphatic heterocycles. The largest absolute Gasteiger partial charge is 0.495 e. The standard InChI is InChI=1S/C13H15N3O5/c1-13(20,11(17)18)7-15-12(19)16-10-8(6-14)4-3-5-9(10)21-2/h3-5,20H,7H2,1-2H3,(H,17,18)(H2,15,16,19). The number of nitriles is 1. The van der Waals surface area contributed by atoms with E-state index in [0.29, 0.717) is 0 Å². The van der Waals surface area contributed by atoms with Crippen molar-refractivity contribution >= 4 is 17.7 Å². The van der Waals surface area contributed by atoms with Crippen molar-refractivity contribution in [3.8, 4) is 11.8 Å². The van der Waals surface area contributed by atoms with Gasteiger partial charge in [0.1, 0.15) is 17.5 Å². The zero-order valence-electron chi connectivity index (χ0n) is 11.5. The summed E-state index contributed by atoms with van der Waals surface area (Å²) in [5.74, 6) is -1.17. The van der Waals surface area contributed by atoms with Gasteiger partial charge in [-0.3, -0.25) is 0 Å². The van der Waals surface area contributed by atoms with Crippen LogP contribution in [-0.4, -0.2) is 41.5 Å². The SMILES string of the molecule is COc1cccc(C#N)c1NC(=O)NCC(C)(O)C(=O)O. The summed E-state index contributed by atoms with van der Waals surface area (Å²) in [5, 5.41) is 31.8. The topological polar surface area (TPSA) is 132 Å². The van der Waals surface area contributed by atoms with Crippen molar-refractivity contribution in [2.45, 2.75) is 12.5 Å². The molecular formula is C13H15N3O5. The zero-order chi connectivity index (χ0) is 16.0. The van der Waals surface area contributed by atoms with Gasteiger partial charge in [-0.2, -0.15) is 5.26 Å². The van der Waals surface area contributed by atoms with E-state index in [-0.39, 0.29) is 17.0 Å². The van der Waals surface area contributed by atoms with Crippen LogP contribution in [0.4, 0.5) is 10.5 Å². The Labute approximate surface area is 121 Å². The number of hydrogen-bond donors (Lipinski definition) is 4. The Morgan fingerprint density at radius 3 is 2.67 bits per heavy atom. The molecule has 2 amide bonds. The molecule has 0 heterocycles. The summed E-state index contributed by atoms with van der Waals surface area (Å²) in [4.78, 5) is 22.4. The Bertz CT molecular complexity index is 592. The summed E-state index contributed by atoms with van der Waals surface area (Å²) in [5.41, 5.74) is -1.74. The third-order valence-electron chi connectivity index (χ3n) is 2.66. The third-order valence-corrected chi connectivity index (χ3v) is 2.66. The number of nitrogens with one attached hydrogen (secondary N) is 2. The fourth-order valence-corrected chi connectivity index (χ4v) is 1.41. The number of amides is 2. The first-order valence-electron chi connectivity index (χ1n) is 5.89. The lowest BCUT2D eigenvalue weighted by atomic mass is 10.1. The number of nitrogens with zero attached hydrogens (tertiary/aromatic N) is 1. The first-order valence-corrected chi connectivity index (χ1v) is 5.89. The number of aliphatic carboxylic acids is 1. The highest BCUT2D eigenvalue weighted by Crippen LogP contribution is 2.27. The van der Waals surface area contributed by atoms with Gasteiger partial charge in [-0.15, -0.1) is 0 Å². The number of urea groups is 1. The van der Waals surface area contributed by atoms with Crippen molar-refractivity contribution in [2.75, 3.05) is 19.0 Å². The number of ether oxygens (including phenoxy) is 1. The minimum absolute atomic E-state index is 0.162. The molecule has 0 aliphatic rings. The fraction of sp³-hybridized carbons (Fsp3) is 0.308. The second-order valence-electron chi connectivity index (χ2n) is 4.38. The first-order chi connectivity index (χ1) is 9.81. The van der Waals surface area contributed by atoms with Crippen LogP contribution in [0, 0.1) is 11.3 Å². The van der Waals surface area contributed by atoms with E-state index in [1.165, 1.54) is 13.2 Å². The fourth-order valence-electron chi connectivity index (χ4n) is 1.41. The van der Waals surface area contributed by atoms with Gasteiger partial charge in [-0.25, -0.2) is 9.59 Å². The van der Waals surface area contributed by atoms with E-state index >= 15 is 0 Å². The van der Waals surface area contributed by atoms with Gasteiger partial charge in [0.15, 0.2) is 5.60 Å². The normalized spacial score (nSPS) is 12.7. The molecule has 1 unspecified atom stereocenters. The van der Waals surface area contributed by atoms with Gasteiger partial charge in [-0.1, -0.05) is 6.07 Å². The lowest BCUT2D eigenvalue weighted by molar-refractivity contribution is -0.155. The van der Waals surface area contributed by atoms with Gasteiger partial charge in [0.05, 0.1) is 19.2 Å². The molecule has 21 heavy (non-hydrogen) atoms. The number of carboxylic acid groups (broad SMARTS) is 1. The van der Waals surface area contributed by atoms with Crippen LogP contribution < -0.4 is 15.4 Å². The smallest absolute Gasteiger partial charge is 0.337 e. The Morgan fingerprint density at radius 2 is 2.14 bits per heavy atom. The maximum atomic E-state index is 11.7. The van der Waals surface area contributed by atoms with E-state index in [9.17, 15) is 14.7 Å². The lowest BCUT2D eigenvalue weighted by Gasteiger charge is -2.19. The van der Waals surface area contributed by atoms with E-state index in [1.54, 1.807) is 12.1 Å². The molecule has 0 saturated heterocycles. The molecule has 0 radical (unpaired) electrons. The van der Waals surface area contributed by atoms with E-state index in [2.05, 4.69) is 10.6 Å². The summed E-state index contributed by atoms with van der Waals surface area (Å²) in [6.07, 6.45) is 0. The Morgan fingerprint density at radius 1 is 1.48 bits per heavy atom. The molecule has 0 aromatic heterocycles. The molecular weight excluding hydrogens is 278 g/mol. The monoisotopic (exact) mass is 293 g/mol. The molecule has 0 bridgehead atoms. The van der Waals surface area contributed by atoms with Crippen LogP contribution in [0.15, 0.2) is 18.2 Å². The van der Waals surface area contributed by atoms with Crippen molar-refractivity contribution in [3.63, 3.8) is 0 Å². The van der Waals surface area contributed by atoms with E-state index < -0.39 is 24.1 Å². The van der Waals surface area contributed by atoms with Crippen molar-refractivity contribution in [3.05, 3.63) is 23.8 Å².